The number of amides is 1. The fourth-order valence-electron chi connectivity index (χ4n) is 1.78. The van der Waals surface area contributed by atoms with Crippen molar-refractivity contribution >= 4 is 17.5 Å². The number of alkyl halides is 1. The molecule has 1 aromatic rings. The molecule has 0 aliphatic heterocycles. The number of rotatable bonds is 4. The van der Waals surface area contributed by atoms with Gasteiger partial charge in [-0.1, -0.05) is 5.16 Å². The third kappa shape index (κ3) is 2.21. The normalized spacial score (nSPS) is 15.2. The van der Waals surface area contributed by atoms with Crippen LogP contribution in [0.2, 0.25) is 0 Å². The smallest absolute Gasteiger partial charge is 0.238 e. The van der Waals surface area contributed by atoms with Crippen LogP contribution in [-0.2, 0) is 11.3 Å². The minimum Gasteiger partial charge on any atom is -0.361 e. The molecule has 2 rings (SSSR count). The first kappa shape index (κ1) is 11.5. The van der Waals surface area contributed by atoms with Crippen LogP contribution in [0, 0.1) is 13.8 Å². The highest BCUT2D eigenvalue weighted by Gasteiger charge is 2.33. The minimum atomic E-state index is -0.0100. The molecule has 1 aliphatic carbocycles. The average Bonchev–Trinajstić information content (AvgIpc) is 3.05. The Morgan fingerprint density at radius 3 is 2.69 bits per heavy atom. The second-order valence-electron chi connectivity index (χ2n) is 4.19. The second kappa shape index (κ2) is 4.45. The molecule has 1 aliphatic rings. The van der Waals surface area contributed by atoms with Crippen molar-refractivity contribution in [2.45, 2.75) is 39.3 Å². The third-order valence-corrected chi connectivity index (χ3v) is 3.16. The van der Waals surface area contributed by atoms with E-state index in [4.69, 9.17) is 16.1 Å². The van der Waals surface area contributed by atoms with E-state index in [1.54, 1.807) is 0 Å². The summed E-state index contributed by atoms with van der Waals surface area (Å²) in [5.74, 6) is 0.814. The molecule has 0 bridgehead atoms. The van der Waals surface area contributed by atoms with Crippen LogP contribution in [0.4, 0.5) is 0 Å². The number of carbonyl (C=O) groups excluding carboxylic acids is 1. The summed E-state index contributed by atoms with van der Waals surface area (Å²) in [7, 11) is 0. The van der Waals surface area contributed by atoms with Crippen LogP contribution in [0.5, 0.6) is 0 Å². The maximum Gasteiger partial charge on any atom is 0.238 e. The lowest BCUT2D eigenvalue weighted by molar-refractivity contribution is -0.129. The van der Waals surface area contributed by atoms with Gasteiger partial charge in [0.05, 0.1) is 12.2 Å². The molecule has 1 aromatic heterocycles. The van der Waals surface area contributed by atoms with Gasteiger partial charge in [0.25, 0.3) is 0 Å². The lowest BCUT2D eigenvalue weighted by Crippen LogP contribution is -2.33. The van der Waals surface area contributed by atoms with Crippen molar-refractivity contribution in [3.63, 3.8) is 0 Å². The van der Waals surface area contributed by atoms with Crippen LogP contribution in [0.15, 0.2) is 4.52 Å². The van der Waals surface area contributed by atoms with E-state index in [9.17, 15) is 4.79 Å². The van der Waals surface area contributed by atoms with Crippen molar-refractivity contribution in [3.8, 4) is 0 Å². The van der Waals surface area contributed by atoms with Crippen LogP contribution < -0.4 is 0 Å². The number of aromatic nitrogens is 1. The summed E-state index contributed by atoms with van der Waals surface area (Å²) in [5, 5.41) is 3.89. The number of hydrogen-bond acceptors (Lipinski definition) is 3. The van der Waals surface area contributed by atoms with Crippen molar-refractivity contribution in [3.05, 3.63) is 17.0 Å². The Morgan fingerprint density at radius 1 is 1.56 bits per heavy atom. The largest absolute Gasteiger partial charge is 0.361 e. The first-order valence-electron chi connectivity index (χ1n) is 5.40. The zero-order valence-electron chi connectivity index (χ0n) is 9.49. The molecule has 1 heterocycles. The van der Waals surface area contributed by atoms with Crippen molar-refractivity contribution in [2.75, 3.05) is 5.88 Å². The van der Waals surface area contributed by atoms with E-state index in [-0.39, 0.29) is 11.8 Å². The molecular formula is C11H15ClN2O2. The van der Waals surface area contributed by atoms with Crippen LogP contribution in [0.3, 0.4) is 0 Å². The van der Waals surface area contributed by atoms with Gasteiger partial charge in [0.2, 0.25) is 5.91 Å². The van der Waals surface area contributed by atoms with E-state index < -0.39 is 0 Å². The van der Waals surface area contributed by atoms with E-state index in [2.05, 4.69) is 5.16 Å². The molecule has 0 unspecified atom stereocenters. The molecule has 0 saturated heterocycles. The lowest BCUT2D eigenvalue weighted by atomic mass is 10.2. The summed E-state index contributed by atoms with van der Waals surface area (Å²) in [5.41, 5.74) is 1.86. The van der Waals surface area contributed by atoms with Gasteiger partial charge in [0.1, 0.15) is 11.6 Å². The Morgan fingerprint density at radius 2 is 2.25 bits per heavy atom. The molecule has 1 saturated carbocycles. The number of halogens is 1. The lowest BCUT2D eigenvalue weighted by Gasteiger charge is -2.21. The van der Waals surface area contributed by atoms with Gasteiger partial charge in [-0.15, -0.1) is 11.6 Å². The molecule has 0 aromatic carbocycles. The summed E-state index contributed by atoms with van der Waals surface area (Å²) < 4.78 is 5.09. The van der Waals surface area contributed by atoms with E-state index in [0.29, 0.717) is 12.6 Å². The highest BCUT2D eigenvalue weighted by atomic mass is 35.5. The second-order valence-corrected chi connectivity index (χ2v) is 4.46. The zero-order chi connectivity index (χ0) is 11.7. The summed E-state index contributed by atoms with van der Waals surface area (Å²) in [6.45, 7) is 4.32. The molecule has 16 heavy (non-hydrogen) atoms. The molecular weight excluding hydrogens is 228 g/mol. The van der Waals surface area contributed by atoms with Crippen LogP contribution in [0.1, 0.15) is 29.9 Å². The van der Waals surface area contributed by atoms with Gasteiger partial charge >= 0.3 is 0 Å². The Kier molecular flexibility index (Phi) is 3.19. The van der Waals surface area contributed by atoms with Crippen molar-refractivity contribution in [2.24, 2.45) is 0 Å². The van der Waals surface area contributed by atoms with Crippen molar-refractivity contribution in [1.82, 2.24) is 10.1 Å². The van der Waals surface area contributed by atoms with Crippen LogP contribution >= 0.6 is 11.6 Å². The van der Waals surface area contributed by atoms with E-state index >= 15 is 0 Å². The number of carbonyl (C=O) groups is 1. The fourth-order valence-corrected chi connectivity index (χ4v) is 1.94. The van der Waals surface area contributed by atoms with Gasteiger partial charge in [-0.2, -0.15) is 0 Å². The Hall–Kier alpha value is -1.03. The molecule has 1 fully saturated rings. The van der Waals surface area contributed by atoms with E-state index in [1.807, 2.05) is 18.7 Å². The van der Waals surface area contributed by atoms with Gasteiger partial charge in [-0.05, 0) is 26.7 Å². The first-order valence-corrected chi connectivity index (χ1v) is 5.94. The maximum absolute atomic E-state index is 11.7. The number of hydrogen-bond donors (Lipinski definition) is 0. The molecule has 4 nitrogen and oxygen atoms in total. The predicted molar refractivity (Wildman–Crippen MR) is 60.3 cm³/mol. The van der Waals surface area contributed by atoms with Gasteiger partial charge in [-0.25, -0.2) is 0 Å². The monoisotopic (exact) mass is 242 g/mol. The minimum absolute atomic E-state index is 0.0100. The van der Waals surface area contributed by atoms with E-state index in [0.717, 1.165) is 29.9 Å². The average molecular weight is 243 g/mol. The summed E-state index contributed by atoms with van der Waals surface area (Å²) in [6.07, 6.45) is 2.15. The Balaban J connectivity index is 2.14. The zero-order valence-corrected chi connectivity index (χ0v) is 10.3. The predicted octanol–water partition coefficient (Wildman–Crippen LogP) is 2.02. The van der Waals surface area contributed by atoms with Gasteiger partial charge < -0.3 is 9.42 Å². The SMILES string of the molecule is Cc1noc(C)c1CN(C(=O)CCl)C1CC1. The quantitative estimate of drug-likeness (QED) is 0.759. The Bertz CT molecular complexity index is 379. The van der Waals surface area contributed by atoms with Gasteiger partial charge in [-0.3, -0.25) is 4.79 Å². The highest BCUT2D eigenvalue weighted by Crippen LogP contribution is 2.29. The van der Waals surface area contributed by atoms with Gasteiger partial charge in [0, 0.05) is 11.6 Å². The molecule has 5 heteroatoms. The third-order valence-electron chi connectivity index (χ3n) is 2.93. The van der Waals surface area contributed by atoms with Crippen LogP contribution in [-0.4, -0.2) is 27.9 Å². The van der Waals surface area contributed by atoms with Gasteiger partial charge in [0.15, 0.2) is 0 Å². The molecule has 88 valence electrons. The van der Waals surface area contributed by atoms with Crippen LogP contribution in [0.25, 0.3) is 0 Å². The summed E-state index contributed by atoms with van der Waals surface area (Å²) >= 11 is 5.61. The first-order chi connectivity index (χ1) is 7.63. The molecule has 0 atom stereocenters. The van der Waals surface area contributed by atoms with Crippen molar-refractivity contribution in [1.29, 1.82) is 0 Å². The molecule has 0 N–H and O–H groups in total. The van der Waals surface area contributed by atoms with Crippen molar-refractivity contribution < 1.29 is 9.32 Å². The fraction of sp³-hybridized carbons (Fsp3) is 0.636. The summed E-state index contributed by atoms with van der Waals surface area (Å²) in [4.78, 5) is 13.5. The molecule has 0 radical (unpaired) electrons. The summed E-state index contributed by atoms with van der Waals surface area (Å²) in [6, 6.07) is 0.361. The maximum atomic E-state index is 11.7. The number of aryl methyl sites for hydroxylation is 2. The Labute approximate surface area is 99.5 Å². The highest BCUT2D eigenvalue weighted by molar-refractivity contribution is 6.27. The number of nitrogens with zero attached hydrogens (tertiary/aromatic N) is 2. The topological polar surface area (TPSA) is 46.3 Å². The molecule has 0 spiro atoms. The molecule has 1 amide bonds. The standard InChI is InChI=1S/C11H15ClN2O2/c1-7-10(8(2)16-13-7)6-14(9-3-4-9)11(15)5-12/h9H,3-6H2,1-2H3. The van der Waals surface area contributed by atoms with E-state index in [1.165, 1.54) is 0 Å².